The van der Waals surface area contributed by atoms with E-state index in [1.54, 1.807) is 0 Å². The zero-order valence-electron chi connectivity index (χ0n) is 12.0. The predicted molar refractivity (Wildman–Crippen MR) is 71.5 cm³/mol. The molecule has 1 N–H and O–H groups in total. The fraction of sp³-hybridized carbons (Fsp3) is 0.538. The van der Waals surface area contributed by atoms with Crippen LogP contribution in [0.1, 0.15) is 23.7 Å². The van der Waals surface area contributed by atoms with E-state index in [9.17, 15) is 13.2 Å². The maximum atomic E-state index is 12.2. The second-order valence-corrected chi connectivity index (χ2v) is 4.86. The molecule has 0 aliphatic carbocycles. The molecule has 2 rings (SSSR count). The van der Waals surface area contributed by atoms with Crippen LogP contribution in [0.4, 0.5) is 13.2 Å². The Morgan fingerprint density at radius 1 is 1.19 bits per heavy atom. The Labute approximate surface area is 120 Å². The fourth-order valence-electron chi connectivity index (χ4n) is 2.00. The molecule has 0 aliphatic heterocycles. The average Bonchev–Trinajstić information content (AvgIpc) is 2.95. The molecule has 5 nitrogen and oxygen atoms in total. The maximum Gasteiger partial charge on any atom is 0.408 e. The fourth-order valence-corrected chi connectivity index (χ4v) is 2.00. The van der Waals surface area contributed by atoms with Gasteiger partial charge in [-0.2, -0.15) is 23.4 Å². The van der Waals surface area contributed by atoms with Crippen molar-refractivity contribution in [2.45, 2.75) is 46.2 Å². The molecule has 0 radical (unpaired) electrons. The highest BCUT2D eigenvalue weighted by Crippen LogP contribution is 2.17. The normalized spacial score (nSPS) is 12.0. The summed E-state index contributed by atoms with van der Waals surface area (Å²) in [7, 11) is 0. The topological polar surface area (TPSA) is 47.7 Å². The zero-order chi connectivity index (χ0) is 15.5. The van der Waals surface area contributed by atoms with Crippen molar-refractivity contribution in [2.75, 3.05) is 0 Å². The summed E-state index contributed by atoms with van der Waals surface area (Å²) < 4.78 is 39.4. The molecule has 0 unspecified atom stereocenters. The van der Waals surface area contributed by atoms with Crippen LogP contribution in [0.2, 0.25) is 0 Å². The lowest BCUT2D eigenvalue weighted by Crippen LogP contribution is -2.18. The summed E-state index contributed by atoms with van der Waals surface area (Å²) in [6, 6.07) is 0. The Bertz CT molecular complexity index is 585. The minimum Gasteiger partial charge on any atom is -0.308 e. The van der Waals surface area contributed by atoms with Crippen LogP contribution in [0.5, 0.6) is 0 Å². The molecule has 0 bridgehead atoms. The summed E-state index contributed by atoms with van der Waals surface area (Å²) in [6.45, 7) is 4.79. The molecule has 8 heteroatoms. The smallest absolute Gasteiger partial charge is 0.308 e. The molecule has 0 amide bonds. The van der Waals surface area contributed by atoms with E-state index < -0.39 is 12.7 Å². The van der Waals surface area contributed by atoms with Crippen LogP contribution >= 0.6 is 0 Å². The van der Waals surface area contributed by atoms with Gasteiger partial charge in [-0.15, -0.1) is 0 Å². The van der Waals surface area contributed by atoms with Crippen molar-refractivity contribution in [3.8, 4) is 0 Å². The largest absolute Gasteiger partial charge is 0.408 e. The number of nitrogens with one attached hydrogen (secondary N) is 1. The number of aromatic nitrogens is 4. The Morgan fingerprint density at radius 3 is 2.57 bits per heavy atom. The minimum absolute atomic E-state index is 0.467. The Morgan fingerprint density at radius 2 is 1.95 bits per heavy atom. The van der Waals surface area contributed by atoms with Gasteiger partial charge >= 0.3 is 6.18 Å². The van der Waals surface area contributed by atoms with Crippen molar-refractivity contribution in [2.24, 2.45) is 0 Å². The van der Waals surface area contributed by atoms with Gasteiger partial charge in [-0.1, -0.05) is 0 Å². The highest BCUT2D eigenvalue weighted by Gasteiger charge is 2.28. The van der Waals surface area contributed by atoms with Gasteiger partial charge in [0.1, 0.15) is 6.54 Å². The van der Waals surface area contributed by atoms with E-state index in [1.807, 2.05) is 24.7 Å². The number of nitrogens with zero attached hydrogens (tertiary/aromatic N) is 4. The van der Waals surface area contributed by atoms with E-state index in [-0.39, 0.29) is 0 Å². The summed E-state index contributed by atoms with van der Waals surface area (Å²) in [5, 5.41) is 11.2. The van der Waals surface area contributed by atoms with E-state index in [0.717, 1.165) is 28.0 Å². The monoisotopic (exact) mass is 301 g/mol. The molecule has 0 spiro atoms. The van der Waals surface area contributed by atoms with Crippen LogP contribution in [0.25, 0.3) is 0 Å². The van der Waals surface area contributed by atoms with E-state index in [0.29, 0.717) is 13.1 Å². The first-order valence-corrected chi connectivity index (χ1v) is 6.69. The van der Waals surface area contributed by atoms with Crippen molar-refractivity contribution in [1.29, 1.82) is 0 Å². The standard InChI is InChI=1S/C13H18F3N5/c1-3-20-8-12(10(2)19-20)6-17-4-11-5-18-21(7-11)9-13(14,15)16/h5,7-8,17H,3-4,6,9H2,1-2H3. The van der Waals surface area contributed by atoms with E-state index in [2.05, 4.69) is 15.5 Å². The van der Waals surface area contributed by atoms with Crippen LogP contribution in [-0.2, 0) is 26.2 Å². The van der Waals surface area contributed by atoms with Crippen LogP contribution in [0.3, 0.4) is 0 Å². The molecule has 0 aliphatic rings. The number of hydrogen-bond donors (Lipinski definition) is 1. The quantitative estimate of drug-likeness (QED) is 0.890. The molecule has 0 saturated carbocycles. The number of aryl methyl sites for hydroxylation is 2. The Kier molecular flexibility index (Phi) is 4.66. The molecule has 0 saturated heterocycles. The maximum absolute atomic E-state index is 12.2. The van der Waals surface area contributed by atoms with Crippen LogP contribution in [0, 0.1) is 6.92 Å². The van der Waals surface area contributed by atoms with Gasteiger partial charge in [0.25, 0.3) is 0 Å². The van der Waals surface area contributed by atoms with Crippen LogP contribution < -0.4 is 5.32 Å². The second-order valence-electron chi connectivity index (χ2n) is 4.86. The molecule has 0 atom stereocenters. The first-order chi connectivity index (χ1) is 9.87. The summed E-state index contributed by atoms with van der Waals surface area (Å²) in [6.07, 6.45) is 0.571. The lowest BCUT2D eigenvalue weighted by atomic mass is 10.2. The summed E-state index contributed by atoms with van der Waals surface area (Å²) in [5.41, 5.74) is 2.76. The highest BCUT2D eigenvalue weighted by molar-refractivity contribution is 5.15. The summed E-state index contributed by atoms with van der Waals surface area (Å²) in [5.74, 6) is 0. The third-order valence-corrected chi connectivity index (χ3v) is 3.04. The Balaban J connectivity index is 1.84. The van der Waals surface area contributed by atoms with E-state index in [1.165, 1.54) is 12.4 Å². The van der Waals surface area contributed by atoms with Gasteiger partial charge in [0, 0.05) is 43.2 Å². The SMILES string of the molecule is CCn1cc(CNCc2cnn(CC(F)(F)F)c2)c(C)n1. The lowest BCUT2D eigenvalue weighted by molar-refractivity contribution is -0.142. The van der Waals surface area contributed by atoms with E-state index >= 15 is 0 Å². The van der Waals surface area contributed by atoms with Crippen molar-refractivity contribution in [1.82, 2.24) is 24.9 Å². The van der Waals surface area contributed by atoms with Crippen molar-refractivity contribution >= 4 is 0 Å². The first-order valence-electron chi connectivity index (χ1n) is 6.69. The number of alkyl halides is 3. The molecule has 21 heavy (non-hydrogen) atoms. The summed E-state index contributed by atoms with van der Waals surface area (Å²) >= 11 is 0. The first kappa shape index (κ1) is 15.6. The Hall–Kier alpha value is -1.83. The molecule has 2 aromatic heterocycles. The number of rotatable bonds is 6. The predicted octanol–water partition coefficient (Wildman–Crippen LogP) is 2.26. The van der Waals surface area contributed by atoms with Gasteiger partial charge in [0.15, 0.2) is 0 Å². The third kappa shape index (κ3) is 4.59. The second kappa shape index (κ2) is 6.30. The van der Waals surface area contributed by atoms with Crippen molar-refractivity contribution < 1.29 is 13.2 Å². The van der Waals surface area contributed by atoms with Gasteiger partial charge < -0.3 is 5.32 Å². The molecule has 116 valence electrons. The minimum atomic E-state index is -4.25. The molecular formula is C13H18F3N5. The van der Waals surface area contributed by atoms with Gasteiger partial charge in [-0.05, 0) is 13.8 Å². The van der Waals surface area contributed by atoms with Crippen LogP contribution in [0.15, 0.2) is 18.6 Å². The molecule has 0 fully saturated rings. The van der Waals surface area contributed by atoms with Gasteiger partial charge in [-0.3, -0.25) is 9.36 Å². The molecule has 0 aromatic carbocycles. The summed E-state index contributed by atoms with van der Waals surface area (Å²) in [4.78, 5) is 0. The highest BCUT2D eigenvalue weighted by atomic mass is 19.4. The average molecular weight is 301 g/mol. The molecule has 2 heterocycles. The number of hydrogen-bond acceptors (Lipinski definition) is 3. The molecule has 2 aromatic rings. The molecular weight excluding hydrogens is 283 g/mol. The third-order valence-electron chi connectivity index (χ3n) is 3.04. The van der Waals surface area contributed by atoms with E-state index in [4.69, 9.17) is 0 Å². The van der Waals surface area contributed by atoms with Crippen LogP contribution in [-0.4, -0.2) is 25.7 Å². The van der Waals surface area contributed by atoms with Gasteiger partial charge in [0.2, 0.25) is 0 Å². The van der Waals surface area contributed by atoms with Gasteiger partial charge in [0.05, 0.1) is 11.9 Å². The van der Waals surface area contributed by atoms with Crippen molar-refractivity contribution in [3.63, 3.8) is 0 Å². The van der Waals surface area contributed by atoms with Gasteiger partial charge in [-0.25, -0.2) is 0 Å². The zero-order valence-corrected chi connectivity index (χ0v) is 12.0. The number of halogens is 3. The van der Waals surface area contributed by atoms with Crippen molar-refractivity contribution in [3.05, 3.63) is 35.4 Å². The lowest BCUT2D eigenvalue weighted by Gasteiger charge is -2.05.